The van der Waals surface area contributed by atoms with Crippen LogP contribution in [0, 0.1) is 6.92 Å². The van der Waals surface area contributed by atoms with Crippen molar-refractivity contribution in [3.63, 3.8) is 0 Å². The molecule has 0 saturated heterocycles. The second-order valence-electron chi connectivity index (χ2n) is 6.27. The fourth-order valence-corrected chi connectivity index (χ4v) is 2.44. The molecule has 5 heteroatoms. The number of nitrogens with one attached hydrogen (secondary N) is 1. The Morgan fingerprint density at radius 1 is 1.25 bits per heavy atom. The van der Waals surface area contributed by atoms with Crippen LogP contribution >= 0.6 is 0 Å². The number of unbranched alkanes of at least 4 members (excludes halogenated alkanes) is 2. The quantitative estimate of drug-likeness (QED) is 0.605. The van der Waals surface area contributed by atoms with E-state index in [9.17, 15) is 4.79 Å². The topological polar surface area (TPSA) is 60.5 Å². The Labute approximate surface area is 146 Å². The van der Waals surface area contributed by atoms with Crippen LogP contribution in [0.4, 0.5) is 5.69 Å². The lowest BCUT2D eigenvalue weighted by molar-refractivity contribution is -0.139. The normalized spacial score (nSPS) is 13.4. The molecule has 0 fully saturated rings. The van der Waals surface area contributed by atoms with Crippen molar-refractivity contribution in [1.82, 2.24) is 4.98 Å². The number of aryl methyl sites for hydroxylation is 1. The molecular formula is C19H32N2O3. The van der Waals surface area contributed by atoms with E-state index in [0.29, 0.717) is 31.2 Å². The Kier molecular flexibility index (Phi) is 8.76. The highest BCUT2D eigenvalue weighted by atomic mass is 16.5. The Morgan fingerprint density at radius 3 is 2.54 bits per heavy atom. The first-order valence-corrected chi connectivity index (χ1v) is 9.01. The molecule has 0 aliphatic carbocycles. The molecular weight excluding hydrogens is 304 g/mol. The molecule has 24 heavy (non-hydrogen) atoms. The zero-order chi connectivity index (χ0) is 18.0. The van der Waals surface area contributed by atoms with Gasteiger partial charge in [0.2, 0.25) is 5.88 Å². The van der Waals surface area contributed by atoms with Crippen molar-refractivity contribution in [3.8, 4) is 5.88 Å². The number of pyridine rings is 1. The third kappa shape index (κ3) is 6.11. The van der Waals surface area contributed by atoms with Gasteiger partial charge in [0.1, 0.15) is 5.60 Å². The Morgan fingerprint density at radius 2 is 1.96 bits per heavy atom. The monoisotopic (exact) mass is 336 g/mol. The van der Waals surface area contributed by atoms with Gasteiger partial charge in [-0.3, -0.25) is 4.79 Å². The first-order chi connectivity index (χ1) is 11.5. The van der Waals surface area contributed by atoms with E-state index in [1.54, 1.807) is 6.20 Å². The van der Waals surface area contributed by atoms with Crippen molar-refractivity contribution in [1.29, 1.82) is 0 Å². The zero-order valence-electron chi connectivity index (χ0n) is 15.8. The number of hydrogen-bond donors (Lipinski definition) is 1. The standard InChI is InChI=1S/C19H32N2O3/c1-6-9-11-19(5,24-8-3)18(22)21-16-13-15(4)17(20-14-16)23-12-10-7-2/h13-14H,6-12H2,1-5H3,(H,21,22)/t19-/m0/s1. The van der Waals surface area contributed by atoms with Crippen molar-refractivity contribution in [2.24, 2.45) is 0 Å². The highest BCUT2D eigenvalue weighted by Crippen LogP contribution is 2.23. The van der Waals surface area contributed by atoms with Crippen molar-refractivity contribution in [3.05, 3.63) is 17.8 Å². The number of nitrogens with zero attached hydrogens (tertiary/aromatic N) is 1. The highest BCUT2D eigenvalue weighted by molar-refractivity contribution is 5.97. The molecule has 1 heterocycles. The molecule has 1 atom stereocenters. The van der Waals surface area contributed by atoms with E-state index in [4.69, 9.17) is 9.47 Å². The Balaban J connectivity index is 2.76. The van der Waals surface area contributed by atoms with E-state index >= 15 is 0 Å². The zero-order valence-corrected chi connectivity index (χ0v) is 15.8. The van der Waals surface area contributed by atoms with Crippen LogP contribution in [0.5, 0.6) is 5.88 Å². The summed E-state index contributed by atoms with van der Waals surface area (Å²) < 4.78 is 11.4. The molecule has 5 nitrogen and oxygen atoms in total. The van der Waals surface area contributed by atoms with Crippen molar-refractivity contribution < 1.29 is 14.3 Å². The van der Waals surface area contributed by atoms with Gasteiger partial charge in [-0.2, -0.15) is 0 Å². The average molecular weight is 336 g/mol. The van der Waals surface area contributed by atoms with Crippen LogP contribution in [0.15, 0.2) is 12.3 Å². The predicted molar refractivity (Wildman–Crippen MR) is 97.6 cm³/mol. The van der Waals surface area contributed by atoms with E-state index in [0.717, 1.165) is 31.2 Å². The third-order valence-corrected chi connectivity index (χ3v) is 3.98. The number of carbonyl (C=O) groups excluding carboxylic acids is 1. The number of rotatable bonds is 11. The van der Waals surface area contributed by atoms with Crippen molar-refractivity contribution >= 4 is 11.6 Å². The molecule has 1 rings (SSSR count). The largest absolute Gasteiger partial charge is 0.477 e. The van der Waals surface area contributed by atoms with Gasteiger partial charge in [-0.05, 0) is 39.7 Å². The lowest BCUT2D eigenvalue weighted by Gasteiger charge is -2.28. The molecule has 0 aromatic carbocycles. The fraction of sp³-hybridized carbons (Fsp3) is 0.684. The van der Waals surface area contributed by atoms with Crippen LogP contribution in [-0.2, 0) is 9.53 Å². The molecule has 136 valence electrons. The summed E-state index contributed by atoms with van der Waals surface area (Å²) in [4.78, 5) is 17.0. The number of aromatic nitrogens is 1. The molecule has 0 bridgehead atoms. The number of ether oxygens (including phenoxy) is 2. The first-order valence-electron chi connectivity index (χ1n) is 9.01. The van der Waals surface area contributed by atoms with Gasteiger partial charge in [0.05, 0.1) is 18.5 Å². The van der Waals surface area contributed by atoms with Crippen LogP contribution in [0.1, 0.15) is 65.4 Å². The molecule has 1 amide bonds. The van der Waals surface area contributed by atoms with Crippen LogP contribution in [-0.4, -0.2) is 29.7 Å². The minimum Gasteiger partial charge on any atom is -0.477 e. The first kappa shape index (κ1) is 20.4. The second-order valence-corrected chi connectivity index (χ2v) is 6.27. The predicted octanol–water partition coefficient (Wildman–Crippen LogP) is 4.49. The van der Waals surface area contributed by atoms with Gasteiger partial charge in [0.15, 0.2) is 0 Å². The Bertz CT molecular complexity index is 519. The molecule has 1 N–H and O–H groups in total. The molecule has 0 saturated carbocycles. The second kappa shape index (κ2) is 10.3. The van der Waals surface area contributed by atoms with Gasteiger partial charge >= 0.3 is 0 Å². The smallest absolute Gasteiger partial charge is 0.256 e. The lowest BCUT2D eigenvalue weighted by Crippen LogP contribution is -2.42. The van der Waals surface area contributed by atoms with Crippen molar-refractivity contribution in [2.75, 3.05) is 18.5 Å². The Hall–Kier alpha value is -1.62. The summed E-state index contributed by atoms with van der Waals surface area (Å²) in [5.74, 6) is 0.499. The number of carbonyl (C=O) groups is 1. The summed E-state index contributed by atoms with van der Waals surface area (Å²) in [5, 5.41) is 2.93. The molecule has 0 unspecified atom stereocenters. The third-order valence-electron chi connectivity index (χ3n) is 3.98. The summed E-state index contributed by atoms with van der Waals surface area (Å²) in [6.45, 7) is 11.1. The summed E-state index contributed by atoms with van der Waals surface area (Å²) in [6, 6.07) is 1.89. The van der Waals surface area contributed by atoms with E-state index in [2.05, 4.69) is 24.1 Å². The maximum absolute atomic E-state index is 12.6. The van der Waals surface area contributed by atoms with Crippen LogP contribution in [0.3, 0.4) is 0 Å². The van der Waals surface area contributed by atoms with Crippen LogP contribution in [0.25, 0.3) is 0 Å². The molecule has 1 aromatic rings. The number of hydrogen-bond acceptors (Lipinski definition) is 4. The van der Waals surface area contributed by atoms with Crippen molar-refractivity contribution in [2.45, 2.75) is 72.3 Å². The van der Waals surface area contributed by atoms with Gasteiger partial charge in [0.25, 0.3) is 5.91 Å². The van der Waals surface area contributed by atoms with E-state index in [-0.39, 0.29) is 5.91 Å². The molecule has 0 spiro atoms. The summed E-state index contributed by atoms with van der Waals surface area (Å²) in [6.07, 6.45) is 6.41. The van der Waals surface area contributed by atoms with Gasteiger partial charge < -0.3 is 14.8 Å². The van der Waals surface area contributed by atoms with Crippen LogP contribution < -0.4 is 10.1 Å². The maximum Gasteiger partial charge on any atom is 0.256 e. The van der Waals surface area contributed by atoms with Gasteiger partial charge in [-0.1, -0.05) is 33.1 Å². The SMILES string of the molecule is CCCCOc1ncc(NC(=O)[C@](C)(CCCC)OCC)cc1C. The number of amides is 1. The average Bonchev–Trinajstić information content (AvgIpc) is 2.55. The minimum atomic E-state index is -0.811. The highest BCUT2D eigenvalue weighted by Gasteiger charge is 2.33. The maximum atomic E-state index is 12.6. The minimum absolute atomic E-state index is 0.126. The van der Waals surface area contributed by atoms with E-state index in [1.165, 1.54) is 0 Å². The van der Waals surface area contributed by atoms with Gasteiger partial charge in [0, 0.05) is 12.2 Å². The van der Waals surface area contributed by atoms with Crippen LogP contribution in [0.2, 0.25) is 0 Å². The lowest BCUT2D eigenvalue weighted by atomic mass is 9.97. The van der Waals surface area contributed by atoms with Gasteiger partial charge in [-0.25, -0.2) is 4.98 Å². The van der Waals surface area contributed by atoms with E-state index < -0.39 is 5.60 Å². The summed E-state index contributed by atoms with van der Waals surface area (Å²) in [7, 11) is 0. The molecule has 1 aromatic heterocycles. The molecule has 0 aliphatic rings. The summed E-state index contributed by atoms with van der Waals surface area (Å²) >= 11 is 0. The molecule has 0 aliphatic heterocycles. The molecule has 0 radical (unpaired) electrons. The van der Waals surface area contributed by atoms with E-state index in [1.807, 2.05) is 26.8 Å². The fourth-order valence-electron chi connectivity index (χ4n) is 2.44. The van der Waals surface area contributed by atoms with Gasteiger partial charge in [-0.15, -0.1) is 0 Å². The number of anilines is 1. The summed E-state index contributed by atoms with van der Waals surface area (Å²) in [5.41, 5.74) is 0.771.